The first kappa shape index (κ1) is 16.3. The molecule has 0 amide bonds. The Morgan fingerprint density at radius 2 is 1.81 bits per heavy atom. The quantitative estimate of drug-likeness (QED) is 0.627. The third kappa shape index (κ3) is 3.42. The molecule has 2 rings (SSSR count). The van der Waals surface area contributed by atoms with Crippen molar-refractivity contribution in [2.45, 2.75) is 0 Å². The fourth-order valence-electron chi connectivity index (χ4n) is 1.91. The summed E-state index contributed by atoms with van der Waals surface area (Å²) in [5.41, 5.74) is 0.907. The van der Waals surface area contributed by atoms with Crippen molar-refractivity contribution in [2.75, 3.05) is 14.2 Å². The van der Waals surface area contributed by atoms with E-state index in [0.29, 0.717) is 32.1 Å². The van der Waals surface area contributed by atoms with Gasteiger partial charge in [0, 0.05) is 15.1 Å². The summed E-state index contributed by atoms with van der Waals surface area (Å²) in [6, 6.07) is 8.43. The van der Waals surface area contributed by atoms with Gasteiger partial charge in [-0.05, 0) is 46.3 Å². The van der Waals surface area contributed by atoms with E-state index in [4.69, 9.17) is 21.1 Å². The minimum absolute atomic E-state index is 0.182. The maximum atomic E-state index is 12.7. The highest BCUT2D eigenvalue weighted by atomic mass is 79.9. The molecule has 2 aromatic rings. The lowest BCUT2D eigenvalue weighted by atomic mass is 10.0. The number of hydrogen-bond acceptors (Lipinski definition) is 3. The topological polar surface area (TPSA) is 35.5 Å². The second-order valence-corrected chi connectivity index (χ2v) is 6.29. The molecule has 0 aliphatic rings. The van der Waals surface area contributed by atoms with Gasteiger partial charge in [-0.2, -0.15) is 0 Å². The first-order valence-electron chi connectivity index (χ1n) is 5.89. The Bertz CT molecular complexity index is 681. The molecule has 0 N–H and O–H groups in total. The zero-order valence-electron chi connectivity index (χ0n) is 11.2. The van der Waals surface area contributed by atoms with E-state index in [0.717, 1.165) is 4.47 Å². The second-order valence-electron chi connectivity index (χ2n) is 4.15. The van der Waals surface area contributed by atoms with Crippen LogP contribution in [0.15, 0.2) is 39.3 Å². The van der Waals surface area contributed by atoms with E-state index in [1.54, 1.807) is 37.4 Å². The van der Waals surface area contributed by atoms with Gasteiger partial charge in [-0.25, -0.2) is 0 Å². The minimum atomic E-state index is -0.182. The monoisotopic (exact) mass is 432 g/mol. The first-order chi connectivity index (χ1) is 9.97. The van der Waals surface area contributed by atoms with Crippen LogP contribution in [0.3, 0.4) is 0 Å². The fourth-order valence-corrected chi connectivity index (χ4v) is 3.44. The normalized spacial score (nSPS) is 10.3. The Kier molecular flexibility index (Phi) is 5.30. The summed E-state index contributed by atoms with van der Waals surface area (Å²) >= 11 is 12.7. The lowest BCUT2D eigenvalue weighted by Gasteiger charge is -2.13. The Morgan fingerprint density at radius 1 is 1.10 bits per heavy atom. The smallest absolute Gasteiger partial charge is 0.196 e. The van der Waals surface area contributed by atoms with Crippen LogP contribution in [0.4, 0.5) is 0 Å². The van der Waals surface area contributed by atoms with Gasteiger partial charge in [0.25, 0.3) is 0 Å². The van der Waals surface area contributed by atoms with E-state index >= 15 is 0 Å². The third-order valence-corrected chi connectivity index (χ3v) is 4.28. The zero-order valence-corrected chi connectivity index (χ0v) is 15.2. The van der Waals surface area contributed by atoms with E-state index in [2.05, 4.69) is 31.9 Å². The maximum absolute atomic E-state index is 12.7. The summed E-state index contributed by atoms with van der Waals surface area (Å²) < 4.78 is 11.9. The van der Waals surface area contributed by atoms with Gasteiger partial charge in [0.15, 0.2) is 5.78 Å². The molecule has 21 heavy (non-hydrogen) atoms. The van der Waals surface area contributed by atoms with Gasteiger partial charge in [-0.1, -0.05) is 27.5 Å². The predicted molar refractivity (Wildman–Crippen MR) is 89.8 cm³/mol. The molecule has 0 spiro atoms. The highest BCUT2D eigenvalue weighted by Crippen LogP contribution is 2.38. The van der Waals surface area contributed by atoms with Gasteiger partial charge in [0.1, 0.15) is 16.0 Å². The molecule has 0 heterocycles. The molecule has 0 fully saturated rings. The Morgan fingerprint density at radius 3 is 2.38 bits per heavy atom. The lowest BCUT2D eigenvalue weighted by Crippen LogP contribution is -2.05. The predicted octanol–water partition coefficient (Wildman–Crippen LogP) is 5.11. The van der Waals surface area contributed by atoms with E-state index in [1.807, 2.05) is 0 Å². The van der Waals surface area contributed by atoms with Gasteiger partial charge < -0.3 is 9.47 Å². The molecular formula is C15H11Br2ClO3. The summed E-state index contributed by atoms with van der Waals surface area (Å²) in [7, 11) is 3.05. The number of ketones is 1. The fraction of sp³-hybridized carbons (Fsp3) is 0.133. The minimum Gasteiger partial charge on any atom is -0.495 e. The van der Waals surface area contributed by atoms with Crippen LogP contribution in [0.5, 0.6) is 11.5 Å². The highest BCUT2D eigenvalue weighted by molar-refractivity contribution is 9.11. The third-order valence-electron chi connectivity index (χ3n) is 2.86. The van der Waals surface area contributed by atoms with E-state index in [9.17, 15) is 4.79 Å². The summed E-state index contributed by atoms with van der Waals surface area (Å²) in [5.74, 6) is 0.838. The highest BCUT2D eigenvalue weighted by Gasteiger charge is 2.20. The van der Waals surface area contributed by atoms with Crippen LogP contribution in [0.2, 0.25) is 5.02 Å². The van der Waals surface area contributed by atoms with Crippen LogP contribution in [-0.4, -0.2) is 20.0 Å². The maximum Gasteiger partial charge on any atom is 0.196 e. The van der Waals surface area contributed by atoms with Crippen LogP contribution in [0.1, 0.15) is 15.9 Å². The van der Waals surface area contributed by atoms with Crippen molar-refractivity contribution >= 4 is 49.2 Å². The van der Waals surface area contributed by atoms with Crippen molar-refractivity contribution < 1.29 is 14.3 Å². The molecular weight excluding hydrogens is 423 g/mol. The number of hydrogen-bond donors (Lipinski definition) is 0. The number of ether oxygens (including phenoxy) is 2. The number of rotatable bonds is 4. The van der Waals surface area contributed by atoms with Crippen molar-refractivity contribution in [1.82, 2.24) is 0 Å². The SMILES string of the molecule is COc1ccc(C(=O)c2cc(Cl)cc(Br)c2)c(OC)c1Br. The molecule has 2 aromatic carbocycles. The van der Waals surface area contributed by atoms with E-state index < -0.39 is 0 Å². The van der Waals surface area contributed by atoms with Crippen LogP contribution < -0.4 is 9.47 Å². The molecule has 3 nitrogen and oxygen atoms in total. The van der Waals surface area contributed by atoms with Gasteiger partial charge in [-0.3, -0.25) is 4.79 Å². The largest absolute Gasteiger partial charge is 0.495 e. The molecule has 0 aliphatic heterocycles. The number of halogens is 3. The molecule has 0 bridgehead atoms. The number of benzene rings is 2. The lowest BCUT2D eigenvalue weighted by molar-refractivity contribution is 0.103. The molecule has 110 valence electrons. The molecule has 0 saturated heterocycles. The van der Waals surface area contributed by atoms with Crippen molar-refractivity contribution in [3.63, 3.8) is 0 Å². The molecule has 0 radical (unpaired) electrons. The van der Waals surface area contributed by atoms with Gasteiger partial charge >= 0.3 is 0 Å². The first-order valence-corrected chi connectivity index (χ1v) is 7.85. The van der Waals surface area contributed by atoms with Crippen LogP contribution >= 0.6 is 43.5 Å². The van der Waals surface area contributed by atoms with Gasteiger partial charge in [0.05, 0.1) is 19.8 Å². The second kappa shape index (κ2) is 6.81. The van der Waals surface area contributed by atoms with Gasteiger partial charge in [-0.15, -0.1) is 0 Å². The van der Waals surface area contributed by atoms with Crippen molar-refractivity contribution in [3.8, 4) is 11.5 Å². The Balaban J connectivity index is 2.55. The van der Waals surface area contributed by atoms with Crippen LogP contribution in [-0.2, 0) is 0 Å². The Labute approximate surface area is 144 Å². The number of carbonyl (C=O) groups is 1. The molecule has 0 saturated carbocycles. The molecule has 0 aliphatic carbocycles. The summed E-state index contributed by atoms with van der Waals surface area (Å²) in [6.45, 7) is 0. The molecule has 0 aromatic heterocycles. The molecule has 6 heteroatoms. The van der Waals surface area contributed by atoms with E-state index in [-0.39, 0.29) is 5.78 Å². The summed E-state index contributed by atoms with van der Waals surface area (Å²) in [6.07, 6.45) is 0. The average molecular weight is 435 g/mol. The number of methoxy groups -OCH3 is 2. The van der Waals surface area contributed by atoms with Crippen LogP contribution in [0.25, 0.3) is 0 Å². The summed E-state index contributed by atoms with van der Waals surface area (Å²) in [5, 5.41) is 0.485. The molecule has 0 unspecified atom stereocenters. The zero-order chi connectivity index (χ0) is 15.6. The van der Waals surface area contributed by atoms with Gasteiger partial charge in [0.2, 0.25) is 0 Å². The van der Waals surface area contributed by atoms with Crippen LogP contribution in [0, 0.1) is 0 Å². The van der Waals surface area contributed by atoms with Crippen molar-refractivity contribution in [1.29, 1.82) is 0 Å². The van der Waals surface area contributed by atoms with Crippen molar-refractivity contribution in [3.05, 3.63) is 55.4 Å². The standard InChI is InChI=1S/C15H11Br2ClO3/c1-20-12-4-3-11(15(21-2)13(12)17)14(19)8-5-9(16)7-10(18)6-8/h3-7H,1-2H3. The molecule has 0 atom stereocenters. The van der Waals surface area contributed by atoms with E-state index in [1.165, 1.54) is 7.11 Å². The van der Waals surface area contributed by atoms with Crippen molar-refractivity contribution in [2.24, 2.45) is 0 Å². The Hall–Kier alpha value is -1.04. The average Bonchev–Trinajstić information content (AvgIpc) is 2.45. The number of carbonyl (C=O) groups excluding carboxylic acids is 1. The summed E-state index contributed by atoms with van der Waals surface area (Å²) in [4.78, 5) is 12.7.